The number of para-hydroxylation sites is 1. The van der Waals surface area contributed by atoms with Crippen LogP contribution in [0.2, 0.25) is 5.02 Å². The van der Waals surface area contributed by atoms with Gasteiger partial charge in [0, 0.05) is 12.6 Å². The van der Waals surface area contributed by atoms with E-state index in [0.717, 1.165) is 30.5 Å². The Hall–Kier alpha value is -1.26. The molecule has 4 nitrogen and oxygen atoms in total. The van der Waals surface area contributed by atoms with E-state index in [0.29, 0.717) is 22.9 Å². The van der Waals surface area contributed by atoms with Crippen molar-refractivity contribution in [2.75, 3.05) is 25.9 Å². The molecule has 19 heavy (non-hydrogen) atoms. The van der Waals surface area contributed by atoms with E-state index in [1.54, 1.807) is 0 Å². The Morgan fingerprint density at radius 3 is 2.95 bits per heavy atom. The van der Waals surface area contributed by atoms with E-state index in [1.165, 1.54) is 0 Å². The lowest BCUT2D eigenvalue weighted by atomic mass is 9.94. The van der Waals surface area contributed by atoms with Gasteiger partial charge in [0.25, 0.3) is 0 Å². The van der Waals surface area contributed by atoms with Crippen LogP contribution in [-0.4, -0.2) is 34.6 Å². The first-order valence-electron chi connectivity index (χ1n) is 6.68. The molecule has 1 fully saturated rings. The van der Waals surface area contributed by atoms with E-state index in [4.69, 9.17) is 17.3 Å². The Bertz CT molecular complexity index is 607. The van der Waals surface area contributed by atoms with Crippen LogP contribution >= 0.6 is 11.6 Å². The number of imidazole rings is 1. The fourth-order valence-electron chi connectivity index (χ4n) is 3.17. The molecule has 0 saturated carbocycles. The second kappa shape index (κ2) is 4.69. The smallest absolute Gasteiger partial charge is 0.201 e. The van der Waals surface area contributed by atoms with Crippen LogP contribution in [0.25, 0.3) is 11.0 Å². The average molecular weight is 279 g/mol. The fourth-order valence-corrected chi connectivity index (χ4v) is 3.39. The van der Waals surface area contributed by atoms with Crippen molar-refractivity contribution in [3.63, 3.8) is 0 Å². The molecule has 1 aromatic heterocycles. The summed E-state index contributed by atoms with van der Waals surface area (Å²) in [5.41, 5.74) is 7.99. The third-order valence-corrected chi connectivity index (χ3v) is 4.40. The first-order chi connectivity index (χ1) is 9.08. The van der Waals surface area contributed by atoms with Crippen molar-refractivity contribution in [3.8, 4) is 0 Å². The van der Waals surface area contributed by atoms with Gasteiger partial charge in [0.15, 0.2) is 0 Å². The molecule has 2 unspecified atom stereocenters. The normalized spacial score (nSPS) is 25.0. The number of rotatable bonds is 1. The topological polar surface area (TPSA) is 47.1 Å². The highest BCUT2D eigenvalue weighted by Gasteiger charge is 2.28. The van der Waals surface area contributed by atoms with Crippen LogP contribution in [0.4, 0.5) is 5.95 Å². The molecule has 0 amide bonds. The van der Waals surface area contributed by atoms with Gasteiger partial charge >= 0.3 is 0 Å². The van der Waals surface area contributed by atoms with Gasteiger partial charge in [-0.05, 0) is 38.1 Å². The molecule has 0 aliphatic carbocycles. The summed E-state index contributed by atoms with van der Waals surface area (Å²) in [5.74, 6) is 1.13. The third kappa shape index (κ3) is 2.09. The molecule has 0 spiro atoms. The lowest BCUT2D eigenvalue weighted by Gasteiger charge is -2.36. The number of halogens is 1. The molecule has 1 aliphatic rings. The van der Waals surface area contributed by atoms with Gasteiger partial charge in [0.1, 0.15) is 5.52 Å². The lowest BCUT2D eigenvalue weighted by molar-refractivity contribution is 0.162. The minimum Gasteiger partial charge on any atom is -0.369 e. The maximum absolute atomic E-state index is 6.20. The SMILES string of the molecule is CC1CN(C)CCC1n1c(N)nc2c(Cl)cccc21. The van der Waals surface area contributed by atoms with Crippen LogP contribution in [-0.2, 0) is 0 Å². The zero-order valence-electron chi connectivity index (χ0n) is 11.3. The van der Waals surface area contributed by atoms with Gasteiger partial charge in [-0.2, -0.15) is 0 Å². The minimum atomic E-state index is 0.402. The fraction of sp³-hybridized carbons (Fsp3) is 0.500. The van der Waals surface area contributed by atoms with E-state index < -0.39 is 0 Å². The highest BCUT2D eigenvalue weighted by atomic mass is 35.5. The van der Waals surface area contributed by atoms with Gasteiger partial charge in [-0.15, -0.1) is 0 Å². The Labute approximate surface area is 118 Å². The summed E-state index contributed by atoms with van der Waals surface area (Å²) in [7, 11) is 2.17. The van der Waals surface area contributed by atoms with Crippen molar-refractivity contribution in [3.05, 3.63) is 23.2 Å². The second-order valence-electron chi connectivity index (χ2n) is 5.54. The Balaban J connectivity index is 2.10. The zero-order chi connectivity index (χ0) is 13.6. The summed E-state index contributed by atoms with van der Waals surface area (Å²) in [6.45, 7) is 4.45. The minimum absolute atomic E-state index is 0.402. The number of piperidine rings is 1. The van der Waals surface area contributed by atoms with Crippen molar-refractivity contribution < 1.29 is 0 Å². The highest BCUT2D eigenvalue weighted by Crippen LogP contribution is 2.34. The number of hydrogen-bond donors (Lipinski definition) is 1. The van der Waals surface area contributed by atoms with Crippen LogP contribution in [0.5, 0.6) is 0 Å². The Morgan fingerprint density at radius 1 is 1.42 bits per heavy atom. The highest BCUT2D eigenvalue weighted by molar-refractivity contribution is 6.35. The Kier molecular flexibility index (Phi) is 3.15. The van der Waals surface area contributed by atoms with Crippen LogP contribution < -0.4 is 5.73 Å². The van der Waals surface area contributed by atoms with Crippen molar-refractivity contribution in [1.82, 2.24) is 14.5 Å². The molecule has 1 saturated heterocycles. The van der Waals surface area contributed by atoms with Gasteiger partial charge in [-0.25, -0.2) is 4.98 Å². The van der Waals surface area contributed by atoms with E-state index >= 15 is 0 Å². The summed E-state index contributed by atoms with van der Waals surface area (Å²) in [4.78, 5) is 6.80. The number of anilines is 1. The predicted octanol–water partition coefficient (Wildman–Crippen LogP) is 2.78. The number of hydrogen-bond acceptors (Lipinski definition) is 3. The number of nitrogens with two attached hydrogens (primary N) is 1. The summed E-state index contributed by atoms with van der Waals surface area (Å²) >= 11 is 6.20. The molecule has 0 radical (unpaired) electrons. The van der Waals surface area contributed by atoms with Crippen molar-refractivity contribution in [2.24, 2.45) is 5.92 Å². The van der Waals surface area contributed by atoms with E-state index in [-0.39, 0.29) is 0 Å². The summed E-state index contributed by atoms with van der Waals surface area (Å²) in [6, 6.07) is 6.27. The first kappa shape index (κ1) is 12.8. The predicted molar refractivity (Wildman–Crippen MR) is 79.5 cm³/mol. The molecule has 2 aromatic rings. The molecule has 1 aliphatic heterocycles. The van der Waals surface area contributed by atoms with Crippen LogP contribution in [0.1, 0.15) is 19.4 Å². The maximum atomic E-state index is 6.20. The maximum Gasteiger partial charge on any atom is 0.201 e. The molecular weight excluding hydrogens is 260 g/mol. The van der Waals surface area contributed by atoms with E-state index in [9.17, 15) is 0 Å². The van der Waals surface area contributed by atoms with Crippen molar-refractivity contribution in [1.29, 1.82) is 0 Å². The second-order valence-corrected chi connectivity index (χ2v) is 5.95. The van der Waals surface area contributed by atoms with Gasteiger partial charge in [0.05, 0.1) is 10.5 Å². The Morgan fingerprint density at radius 2 is 2.21 bits per heavy atom. The molecule has 102 valence electrons. The van der Waals surface area contributed by atoms with Gasteiger partial charge in [0.2, 0.25) is 5.95 Å². The van der Waals surface area contributed by atoms with Gasteiger partial charge in [-0.3, -0.25) is 0 Å². The largest absolute Gasteiger partial charge is 0.369 e. The summed E-state index contributed by atoms with van der Waals surface area (Å²) < 4.78 is 2.17. The van der Waals surface area contributed by atoms with E-state index in [2.05, 4.69) is 34.5 Å². The number of likely N-dealkylation sites (tertiary alicyclic amines) is 1. The van der Waals surface area contributed by atoms with Crippen LogP contribution in [0, 0.1) is 5.92 Å². The monoisotopic (exact) mass is 278 g/mol. The molecular formula is C14H19ClN4. The van der Waals surface area contributed by atoms with Crippen LogP contribution in [0.3, 0.4) is 0 Å². The quantitative estimate of drug-likeness (QED) is 0.873. The number of aromatic nitrogens is 2. The zero-order valence-corrected chi connectivity index (χ0v) is 12.1. The standard InChI is InChI=1S/C14H19ClN4/c1-9-8-18(2)7-6-11(9)19-12-5-3-4-10(15)13(12)17-14(19)16/h3-5,9,11H,6-8H2,1-2H3,(H2,16,17). The number of nitrogen functional groups attached to an aromatic ring is 1. The lowest BCUT2D eigenvalue weighted by Crippen LogP contribution is -2.38. The summed E-state index contributed by atoms with van der Waals surface area (Å²) in [5, 5.41) is 0.670. The molecule has 2 heterocycles. The average Bonchev–Trinajstić information content (AvgIpc) is 2.68. The van der Waals surface area contributed by atoms with Gasteiger partial charge < -0.3 is 15.2 Å². The summed E-state index contributed by atoms with van der Waals surface area (Å²) in [6.07, 6.45) is 1.10. The molecule has 5 heteroatoms. The van der Waals surface area contributed by atoms with E-state index in [1.807, 2.05) is 12.1 Å². The number of fused-ring (bicyclic) bond motifs is 1. The third-order valence-electron chi connectivity index (χ3n) is 4.09. The number of nitrogens with zero attached hydrogens (tertiary/aromatic N) is 3. The molecule has 0 bridgehead atoms. The first-order valence-corrected chi connectivity index (χ1v) is 7.06. The van der Waals surface area contributed by atoms with Crippen LogP contribution in [0.15, 0.2) is 18.2 Å². The molecule has 2 atom stereocenters. The molecule has 3 rings (SSSR count). The van der Waals surface area contributed by atoms with Crippen molar-refractivity contribution >= 4 is 28.6 Å². The molecule has 2 N–H and O–H groups in total. The van der Waals surface area contributed by atoms with Crippen molar-refractivity contribution in [2.45, 2.75) is 19.4 Å². The number of benzene rings is 1. The van der Waals surface area contributed by atoms with Gasteiger partial charge in [-0.1, -0.05) is 24.6 Å². The molecule has 1 aromatic carbocycles.